The van der Waals surface area contributed by atoms with Crippen molar-refractivity contribution >= 4 is 30.6 Å². The fraction of sp³-hybridized carbons (Fsp3) is 0.389. The molecule has 0 aliphatic carbocycles. The zero-order valence-electron chi connectivity index (χ0n) is 13.6. The minimum absolute atomic E-state index is 0.871. The SMILES string of the molecule is CCC(/C=C/c1ccc(N(C)C)cc1)=C\C=[N+](C)CCS. The van der Waals surface area contributed by atoms with E-state index in [-0.39, 0.29) is 0 Å². The Labute approximate surface area is 134 Å². The first-order chi connectivity index (χ1) is 10.1. The Morgan fingerprint density at radius 2 is 1.90 bits per heavy atom. The van der Waals surface area contributed by atoms with Gasteiger partial charge in [-0.3, -0.25) is 0 Å². The highest BCUT2D eigenvalue weighted by Gasteiger charge is 1.95. The third kappa shape index (κ3) is 6.67. The van der Waals surface area contributed by atoms with E-state index in [4.69, 9.17) is 0 Å². The number of anilines is 1. The Balaban J connectivity index is 2.76. The highest BCUT2D eigenvalue weighted by molar-refractivity contribution is 7.80. The number of nitrogens with zero attached hydrogens (tertiary/aromatic N) is 2. The molecule has 1 aromatic rings. The van der Waals surface area contributed by atoms with Crippen molar-refractivity contribution in [2.24, 2.45) is 0 Å². The van der Waals surface area contributed by atoms with Gasteiger partial charge in [-0.15, -0.1) is 0 Å². The fourth-order valence-corrected chi connectivity index (χ4v) is 2.15. The summed E-state index contributed by atoms with van der Waals surface area (Å²) in [6, 6.07) is 8.58. The molecule has 0 saturated carbocycles. The second kappa shape index (κ2) is 9.46. The molecule has 1 aromatic carbocycles. The van der Waals surface area contributed by atoms with Gasteiger partial charge >= 0.3 is 0 Å². The van der Waals surface area contributed by atoms with Gasteiger partial charge in [0.15, 0.2) is 12.8 Å². The number of benzene rings is 1. The minimum atomic E-state index is 0.871. The zero-order valence-corrected chi connectivity index (χ0v) is 14.5. The Morgan fingerprint density at radius 1 is 1.24 bits per heavy atom. The standard InChI is InChI=1S/C18H26N2S/c1-5-16(12-13-20(4)14-15-21)6-7-17-8-10-18(11-9-17)19(2)3/h6-13H,5,14-15H2,1-4H3/p+1. The van der Waals surface area contributed by atoms with Crippen LogP contribution >= 0.6 is 12.6 Å². The molecule has 0 atom stereocenters. The molecule has 114 valence electrons. The summed E-state index contributed by atoms with van der Waals surface area (Å²) in [5.74, 6) is 0.871. The number of rotatable bonds is 7. The number of allylic oxidation sites excluding steroid dienone is 3. The third-order valence-electron chi connectivity index (χ3n) is 3.30. The van der Waals surface area contributed by atoms with Gasteiger partial charge in [-0.1, -0.05) is 31.2 Å². The van der Waals surface area contributed by atoms with E-state index >= 15 is 0 Å². The molecule has 0 unspecified atom stereocenters. The van der Waals surface area contributed by atoms with Gasteiger partial charge < -0.3 is 4.90 Å². The van der Waals surface area contributed by atoms with Crippen LogP contribution in [0.5, 0.6) is 0 Å². The van der Waals surface area contributed by atoms with Crippen molar-refractivity contribution in [1.29, 1.82) is 0 Å². The van der Waals surface area contributed by atoms with Crippen LogP contribution < -0.4 is 4.90 Å². The zero-order chi connectivity index (χ0) is 15.7. The molecule has 0 aromatic heterocycles. The highest BCUT2D eigenvalue weighted by Crippen LogP contribution is 2.14. The lowest BCUT2D eigenvalue weighted by molar-refractivity contribution is -0.486. The molecule has 2 nitrogen and oxygen atoms in total. The van der Waals surface area contributed by atoms with Crippen LogP contribution in [0.3, 0.4) is 0 Å². The second-order valence-electron chi connectivity index (χ2n) is 5.27. The maximum atomic E-state index is 4.24. The molecular weight excluding hydrogens is 276 g/mol. The van der Waals surface area contributed by atoms with Crippen molar-refractivity contribution in [3.05, 3.63) is 47.6 Å². The van der Waals surface area contributed by atoms with Gasteiger partial charge in [0.05, 0.1) is 0 Å². The van der Waals surface area contributed by atoms with E-state index < -0.39 is 0 Å². The van der Waals surface area contributed by atoms with Crippen LogP contribution in [0.25, 0.3) is 6.08 Å². The Morgan fingerprint density at radius 3 is 2.43 bits per heavy atom. The summed E-state index contributed by atoms with van der Waals surface area (Å²) in [4.78, 5) is 2.11. The number of hydrogen-bond acceptors (Lipinski definition) is 2. The molecule has 0 aliphatic rings. The monoisotopic (exact) mass is 303 g/mol. The summed E-state index contributed by atoms with van der Waals surface area (Å²) in [6.45, 7) is 3.14. The summed E-state index contributed by atoms with van der Waals surface area (Å²) >= 11 is 4.24. The van der Waals surface area contributed by atoms with Gasteiger partial charge in [0.1, 0.15) is 7.05 Å². The van der Waals surface area contributed by atoms with Crippen LogP contribution in [0.15, 0.2) is 42.0 Å². The van der Waals surface area contributed by atoms with Gasteiger partial charge in [-0.25, -0.2) is 4.58 Å². The summed E-state index contributed by atoms with van der Waals surface area (Å²) in [5, 5.41) is 0. The van der Waals surface area contributed by atoms with Crippen LogP contribution in [0.2, 0.25) is 0 Å². The van der Waals surface area contributed by atoms with Crippen LogP contribution in [0.1, 0.15) is 18.9 Å². The molecule has 0 saturated heterocycles. The van der Waals surface area contributed by atoms with E-state index in [0.29, 0.717) is 0 Å². The third-order valence-corrected chi connectivity index (χ3v) is 3.50. The topological polar surface area (TPSA) is 6.25 Å². The number of thiol groups is 1. The van der Waals surface area contributed by atoms with Crippen molar-refractivity contribution in [3.63, 3.8) is 0 Å². The maximum absolute atomic E-state index is 4.24. The first kappa shape index (κ1) is 17.6. The first-order valence-electron chi connectivity index (χ1n) is 7.37. The second-order valence-corrected chi connectivity index (χ2v) is 5.71. The van der Waals surface area contributed by atoms with Crippen molar-refractivity contribution < 1.29 is 4.58 Å². The predicted octanol–water partition coefficient (Wildman–Crippen LogP) is 3.75. The van der Waals surface area contributed by atoms with Gasteiger partial charge in [-0.05, 0) is 29.7 Å². The molecule has 0 bridgehead atoms. The normalized spacial score (nSPS) is 13.0. The lowest BCUT2D eigenvalue weighted by Gasteiger charge is -2.11. The van der Waals surface area contributed by atoms with E-state index in [0.717, 1.165) is 18.7 Å². The summed E-state index contributed by atoms with van der Waals surface area (Å²) in [5.41, 5.74) is 3.77. The highest BCUT2D eigenvalue weighted by atomic mass is 32.1. The van der Waals surface area contributed by atoms with E-state index in [1.54, 1.807) is 0 Å². The molecular formula is C18H27N2S+. The van der Waals surface area contributed by atoms with E-state index in [9.17, 15) is 0 Å². The van der Waals surface area contributed by atoms with Crippen molar-refractivity contribution in [2.45, 2.75) is 13.3 Å². The molecule has 0 radical (unpaired) electrons. The van der Waals surface area contributed by atoms with Gasteiger partial charge in [0.2, 0.25) is 0 Å². The van der Waals surface area contributed by atoms with Crippen molar-refractivity contribution in [2.75, 3.05) is 38.3 Å². The Hall–Kier alpha value is -1.48. The molecule has 3 heteroatoms. The Kier molecular flexibility index (Phi) is 7.91. The molecule has 0 fully saturated rings. The predicted molar refractivity (Wildman–Crippen MR) is 99.1 cm³/mol. The van der Waals surface area contributed by atoms with E-state index in [1.807, 2.05) is 0 Å². The summed E-state index contributed by atoms with van der Waals surface area (Å²) in [6.07, 6.45) is 9.68. The van der Waals surface area contributed by atoms with Crippen LogP contribution in [0.4, 0.5) is 5.69 Å². The van der Waals surface area contributed by atoms with E-state index in [2.05, 4.69) is 98.9 Å². The van der Waals surface area contributed by atoms with E-state index in [1.165, 1.54) is 16.8 Å². The van der Waals surface area contributed by atoms with Gasteiger partial charge in [0.25, 0.3) is 0 Å². The smallest absolute Gasteiger partial charge is 0.163 e. The number of hydrogen-bond donors (Lipinski definition) is 1. The summed E-state index contributed by atoms with van der Waals surface area (Å²) < 4.78 is 2.16. The van der Waals surface area contributed by atoms with Crippen LogP contribution in [-0.4, -0.2) is 44.2 Å². The van der Waals surface area contributed by atoms with Gasteiger partial charge in [-0.2, -0.15) is 12.6 Å². The van der Waals surface area contributed by atoms with Crippen LogP contribution in [0, 0.1) is 0 Å². The Bertz CT molecular complexity index is 511. The molecule has 0 aliphatic heterocycles. The summed E-state index contributed by atoms with van der Waals surface area (Å²) in [7, 11) is 6.18. The quantitative estimate of drug-likeness (QED) is 0.348. The lowest BCUT2D eigenvalue weighted by Crippen LogP contribution is -2.09. The largest absolute Gasteiger partial charge is 0.378 e. The molecule has 0 spiro atoms. The van der Waals surface area contributed by atoms with Crippen molar-refractivity contribution in [1.82, 2.24) is 0 Å². The molecule has 0 N–H and O–H groups in total. The molecule has 21 heavy (non-hydrogen) atoms. The van der Waals surface area contributed by atoms with Crippen molar-refractivity contribution in [3.8, 4) is 0 Å². The molecule has 1 rings (SSSR count). The average molecular weight is 303 g/mol. The first-order valence-corrected chi connectivity index (χ1v) is 8.00. The maximum Gasteiger partial charge on any atom is 0.163 e. The minimum Gasteiger partial charge on any atom is -0.378 e. The fourth-order valence-electron chi connectivity index (χ4n) is 1.83. The van der Waals surface area contributed by atoms with Gasteiger partial charge in [0, 0.05) is 31.6 Å². The lowest BCUT2D eigenvalue weighted by atomic mass is 10.1. The van der Waals surface area contributed by atoms with Crippen LogP contribution in [-0.2, 0) is 0 Å². The molecule has 0 heterocycles. The average Bonchev–Trinajstić information content (AvgIpc) is 2.48. The molecule has 0 amide bonds.